The van der Waals surface area contributed by atoms with Gasteiger partial charge in [-0.1, -0.05) is 45.0 Å². The van der Waals surface area contributed by atoms with Crippen LogP contribution < -0.4 is 0 Å². The summed E-state index contributed by atoms with van der Waals surface area (Å²) in [7, 11) is -1.90. The predicted octanol–water partition coefficient (Wildman–Crippen LogP) is 4.23. The lowest BCUT2D eigenvalue weighted by molar-refractivity contribution is 0.112. The second-order valence-corrected chi connectivity index (χ2v) is 12.9. The van der Waals surface area contributed by atoms with Crippen molar-refractivity contribution in [1.82, 2.24) is 9.78 Å². The van der Waals surface area contributed by atoms with E-state index in [2.05, 4.69) is 63.2 Å². The number of carbonyl (C=O) groups is 1. The van der Waals surface area contributed by atoms with Crippen LogP contribution in [0.5, 0.6) is 0 Å². The summed E-state index contributed by atoms with van der Waals surface area (Å²) in [6, 6.07) is 8.48. The number of benzene rings is 1. The van der Waals surface area contributed by atoms with Crippen LogP contribution in [0.1, 0.15) is 48.3 Å². The third-order valence-corrected chi connectivity index (χ3v) is 9.95. The molecule has 2 atom stereocenters. The summed E-state index contributed by atoms with van der Waals surface area (Å²) >= 11 is 0. The molecule has 0 saturated heterocycles. The molecule has 0 saturated carbocycles. The lowest BCUT2D eigenvalue weighted by Gasteiger charge is -2.39. The molecule has 0 aliphatic heterocycles. The van der Waals surface area contributed by atoms with Crippen molar-refractivity contribution in [1.29, 1.82) is 0 Å². The average Bonchev–Trinajstić information content (AvgIpc) is 3.08. The first-order valence-electron chi connectivity index (χ1n) is 8.48. The van der Waals surface area contributed by atoms with Crippen molar-refractivity contribution >= 4 is 14.6 Å². The Morgan fingerprint density at radius 2 is 2.00 bits per heavy atom. The molecular formula is C19H26N2O2Si. The normalized spacial score (nSPS) is 20.9. The molecule has 1 aromatic heterocycles. The van der Waals surface area contributed by atoms with Crippen molar-refractivity contribution in [3.8, 4) is 0 Å². The number of hydrogen-bond donors (Lipinski definition) is 0. The van der Waals surface area contributed by atoms with Crippen LogP contribution in [0.15, 0.2) is 36.7 Å². The van der Waals surface area contributed by atoms with E-state index in [0.29, 0.717) is 5.56 Å². The van der Waals surface area contributed by atoms with Gasteiger partial charge in [0.25, 0.3) is 0 Å². The average molecular weight is 343 g/mol. The zero-order valence-electron chi connectivity index (χ0n) is 15.1. The molecule has 0 spiro atoms. The van der Waals surface area contributed by atoms with Crippen LogP contribution in [0.3, 0.4) is 0 Å². The van der Waals surface area contributed by atoms with Crippen molar-refractivity contribution in [2.45, 2.75) is 57.5 Å². The molecule has 24 heavy (non-hydrogen) atoms. The van der Waals surface area contributed by atoms with Gasteiger partial charge in [0.1, 0.15) is 6.04 Å². The van der Waals surface area contributed by atoms with Crippen LogP contribution in [0.25, 0.3) is 0 Å². The molecule has 0 fully saturated rings. The number of nitrogens with zero attached hydrogens (tertiary/aromatic N) is 2. The van der Waals surface area contributed by atoms with E-state index < -0.39 is 8.32 Å². The first-order valence-corrected chi connectivity index (χ1v) is 11.4. The fourth-order valence-corrected chi connectivity index (χ4v) is 4.40. The van der Waals surface area contributed by atoms with Crippen molar-refractivity contribution in [2.75, 3.05) is 0 Å². The minimum atomic E-state index is -1.90. The van der Waals surface area contributed by atoms with Gasteiger partial charge >= 0.3 is 0 Å². The highest BCUT2D eigenvalue weighted by molar-refractivity contribution is 6.74. The summed E-state index contributed by atoms with van der Waals surface area (Å²) in [5.74, 6) is 0. The van der Waals surface area contributed by atoms with Crippen molar-refractivity contribution in [3.05, 3.63) is 53.3 Å². The Hall–Kier alpha value is -1.72. The number of fused-ring (bicyclic) bond motifs is 1. The van der Waals surface area contributed by atoms with E-state index in [1.165, 1.54) is 11.1 Å². The number of aromatic nitrogens is 2. The van der Waals surface area contributed by atoms with Crippen LogP contribution in [0, 0.1) is 0 Å². The van der Waals surface area contributed by atoms with Crippen LogP contribution in [-0.4, -0.2) is 30.5 Å². The fraction of sp³-hybridized carbons (Fsp3) is 0.474. The standard InChI is InChI=1S/C19H26N2O2Si/c1-19(2,3)24(4,5)23-17-10-15-8-6-7-9-16(15)18(17)21-12-14(13-22)11-20-21/h6-9,11-13,17-18H,10H2,1-5H3/t17-,18-/m0/s1. The molecule has 4 nitrogen and oxygen atoms in total. The van der Waals surface area contributed by atoms with Gasteiger partial charge in [0.15, 0.2) is 14.6 Å². The van der Waals surface area contributed by atoms with Crippen LogP contribution in [0.2, 0.25) is 18.1 Å². The Labute approximate surface area is 145 Å². The summed E-state index contributed by atoms with van der Waals surface area (Å²) in [6.07, 6.45) is 5.24. The summed E-state index contributed by atoms with van der Waals surface area (Å²) in [4.78, 5) is 11.0. The number of hydrogen-bond acceptors (Lipinski definition) is 3. The molecule has 1 aromatic carbocycles. The topological polar surface area (TPSA) is 44.1 Å². The first kappa shape index (κ1) is 17.1. The van der Waals surface area contributed by atoms with Gasteiger partial charge in [-0.15, -0.1) is 0 Å². The highest BCUT2D eigenvalue weighted by Gasteiger charge is 2.44. The molecule has 0 bridgehead atoms. The number of rotatable bonds is 4. The van der Waals surface area contributed by atoms with Gasteiger partial charge in [-0.05, 0) is 29.3 Å². The van der Waals surface area contributed by atoms with E-state index in [1.807, 2.05) is 10.9 Å². The highest BCUT2D eigenvalue weighted by Crippen LogP contribution is 2.43. The molecular weight excluding hydrogens is 316 g/mol. The van der Waals surface area contributed by atoms with Crippen molar-refractivity contribution < 1.29 is 9.22 Å². The quantitative estimate of drug-likeness (QED) is 0.617. The Morgan fingerprint density at radius 1 is 1.29 bits per heavy atom. The fourth-order valence-electron chi connectivity index (χ4n) is 3.08. The highest BCUT2D eigenvalue weighted by atomic mass is 28.4. The van der Waals surface area contributed by atoms with Gasteiger partial charge in [0.05, 0.1) is 17.9 Å². The molecule has 1 aliphatic carbocycles. The molecule has 128 valence electrons. The Balaban J connectivity index is 1.98. The Kier molecular flexibility index (Phi) is 4.26. The van der Waals surface area contributed by atoms with Gasteiger partial charge in [0, 0.05) is 12.6 Å². The monoisotopic (exact) mass is 342 g/mol. The van der Waals surface area contributed by atoms with E-state index >= 15 is 0 Å². The third kappa shape index (κ3) is 2.98. The van der Waals surface area contributed by atoms with E-state index in [0.717, 1.165) is 12.7 Å². The third-order valence-electron chi connectivity index (χ3n) is 5.44. The van der Waals surface area contributed by atoms with Crippen molar-refractivity contribution in [2.24, 2.45) is 0 Å². The zero-order chi connectivity index (χ0) is 17.5. The van der Waals surface area contributed by atoms with Gasteiger partial charge in [-0.25, -0.2) is 0 Å². The molecule has 0 unspecified atom stereocenters. The maximum atomic E-state index is 11.0. The Bertz CT molecular complexity index is 746. The van der Waals surface area contributed by atoms with E-state index in [9.17, 15) is 4.79 Å². The second kappa shape index (κ2) is 5.97. The molecule has 5 heteroatoms. The van der Waals surface area contributed by atoms with Gasteiger partial charge in [-0.2, -0.15) is 5.10 Å². The molecule has 0 amide bonds. The molecule has 2 aromatic rings. The summed E-state index contributed by atoms with van der Waals surface area (Å²) in [5.41, 5.74) is 3.17. The zero-order valence-corrected chi connectivity index (χ0v) is 16.1. The first-order chi connectivity index (χ1) is 11.2. The molecule has 0 N–H and O–H groups in total. The number of aldehydes is 1. The van der Waals surface area contributed by atoms with Crippen molar-refractivity contribution in [3.63, 3.8) is 0 Å². The summed E-state index contributed by atoms with van der Waals surface area (Å²) in [6.45, 7) is 11.3. The summed E-state index contributed by atoms with van der Waals surface area (Å²) in [5, 5.41) is 4.59. The van der Waals surface area contributed by atoms with Gasteiger partial charge in [-0.3, -0.25) is 9.48 Å². The lowest BCUT2D eigenvalue weighted by atomic mass is 10.1. The second-order valence-electron chi connectivity index (χ2n) is 8.14. The smallest absolute Gasteiger partial charge is 0.192 e. The Morgan fingerprint density at radius 3 is 2.62 bits per heavy atom. The van der Waals surface area contributed by atoms with E-state index in [1.54, 1.807) is 6.20 Å². The minimum absolute atomic E-state index is 0.0315. The maximum Gasteiger partial charge on any atom is 0.192 e. The molecule has 1 aliphatic rings. The van der Waals surface area contributed by atoms with E-state index in [-0.39, 0.29) is 17.2 Å². The largest absolute Gasteiger partial charge is 0.411 e. The van der Waals surface area contributed by atoms with Crippen LogP contribution >= 0.6 is 0 Å². The SMILES string of the molecule is CC(C)(C)[Si](C)(C)O[C@H]1Cc2ccccc2[C@@H]1n1cc(C=O)cn1. The predicted molar refractivity (Wildman–Crippen MR) is 98.0 cm³/mol. The molecule has 3 rings (SSSR count). The molecule has 0 radical (unpaired) electrons. The van der Waals surface area contributed by atoms with E-state index in [4.69, 9.17) is 4.43 Å². The summed E-state index contributed by atoms with van der Waals surface area (Å²) < 4.78 is 8.64. The van der Waals surface area contributed by atoms with Gasteiger partial charge < -0.3 is 4.43 Å². The number of carbonyl (C=O) groups excluding carboxylic acids is 1. The van der Waals surface area contributed by atoms with Gasteiger partial charge in [0.2, 0.25) is 0 Å². The maximum absolute atomic E-state index is 11.0. The molecule has 1 heterocycles. The van der Waals surface area contributed by atoms with Crippen LogP contribution in [-0.2, 0) is 10.8 Å². The lowest BCUT2D eigenvalue weighted by Crippen LogP contribution is -2.45. The minimum Gasteiger partial charge on any atom is -0.411 e. The van der Waals surface area contributed by atoms with Crippen LogP contribution in [0.4, 0.5) is 0 Å².